The van der Waals surface area contributed by atoms with Gasteiger partial charge in [-0.05, 0) is 42.5 Å². The predicted octanol–water partition coefficient (Wildman–Crippen LogP) is 2.08. The van der Waals surface area contributed by atoms with Gasteiger partial charge in [-0.2, -0.15) is 0 Å². The van der Waals surface area contributed by atoms with Crippen molar-refractivity contribution in [2.24, 2.45) is 0 Å². The zero-order chi connectivity index (χ0) is 13.9. The van der Waals surface area contributed by atoms with E-state index in [1.807, 2.05) is 12.3 Å². The summed E-state index contributed by atoms with van der Waals surface area (Å²) in [6.45, 7) is 1.61. The molecule has 0 bridgehead atoms. The fraction of sp³-hybridized carbons (Fsp3) is 0.400. The Morgan fingerprint density at radius 2 is 2.15 bits per heavy atom. The summed E-state index contributed by atoms with van der Waals surface area (Å²) in [5.74, 6) is -0.332. The summed E-state index contributed by atoms with van der Waals surface area (Å²) in [6.07, 6.45) is 3.52. The minimum Gasteiger partial charge on any atom is -0.381 e. The van der Waals surface area contributed by atoms with Crippen LogP contribution in [-0.2, 0) is 16.1 Å². The molecule has 2 aromatic rings. The molecule has 2 heterocycles. The number of nitrogens with one attached hydrogen (secondary N) is 1. The number of ether oxygens (including phenoxy) is 1. The van der Waals surface area contributed by atoms with Gasteiger partial charge < -0.3 is 14.6 Å². The molecule has 4 nitrogen and oxygen atoms in total. The maximum Gasteiger partial charge on any atom is 0.240 e. The Labute approximate surface area is 116 Å². The first-order chi connectivity index (χ1) is 9.72. The fourth-order valence-corrected chi connectivity index (χ4v) is 2.56. The number of carbonyl (C=O) groups excluding carboxylic acids is 1. The van der Waals surface area contributed by atoms with Crippen LogP contribution in [0.3, 0.4) is 0 Å². The molecule has 20 heavy (non-hydrogen) atoms. The molecule has 1 saturated heterocycles. The highest BCUT2D eigenvalue weighted by Gasteiger charge is 2.16. The molecular formula is C15H17FN2O2. The number of amides is 1. The van der Waals surface area contributed by atoms with Gasteiger partial charge in [0.05, 0.1) is 5.52 Å². The first-order valence-corrected chi connectivity index (χ1v) is 6.84. The smallest absolute Gasteiger partial charge is 0.240 e. The third-order valence-corrected chi connectivity index (χ3v) is 3.64. The minimum absolute atomic E-state index is 0.0429. The molecule has 3 rings (SSSR count). The molecule has 1 fully saturated rings. The molecule has 0 radical (unpaired) electrons. The van der Waals surface area contributed by atoms with Gasteiger partial charge in [0, 0.05) is 25.5 Å². The number of fused-ring (bicyclic) bond motifs is 1. The minimum atomic E-state index is -0.290. The lowest BCUT2D eigenvalue weighted by molar-refractivity contribution is -0.122. The summed E-state index contributed by atoms with van der Waals surface area (Å²) in [5, 5.41) is 3.94. The van der Waals surface area contributed by atoms with Crippen molar-refractivity contribution in [1.82, 2.24) is 9.88 Å². The number of halogens is 1. The monoisotopic (exact) mass is 276 g/mol. The van der Waals surface area contributed by atoms with E-state index < -0.39 is 0 Å². The van der Waals surface area contributed by atoms with Crippen molar-refractivity contribution in [3.63, 3.8) is 0 Å². The van der Waals surface area contributed by atoms with Crippen molar-refractivity contribution in [3.05, 3.63) is 36.3 Å². The summed E-state index contributed by atoms with van der Waals surface area (Å²) in [7, 11) is 0. The predicted molar refractivity (Wildman–Crippen MR) is 73.9 cm³/mol. The van der Waals surface area contributed by atoms with Crippen LogP contribution in [0.2, 0.25) is 0 Å². The van der Waals surface area contributed by atoms with Gasteiger partial charge in [0.1, 0.15) is 12.4 Å². The largest absolute Gasteiger partial charge is 0.381 e. The van der Waals surface area contributed by atoms with Crippen LogP contribution in [0.15, 0.2) is 30.5 Å². The van der Waals surface area contributed by atoms with Crippen molar-refractivity contribution in [2.45, 2.75) is 25.4 Å². The van der Waals surface area contributed by atoms with Crippen molar-refractivity contribution in [2.75, 3.05) is 13.2 Å². The third kappa shape index (κ3) is 2.82. The highest BCUT2D eigenvalue weighted by atomic mass is 19.1. The SMILES string of the molecule is O=C(Cn1ccc2ccc(F)cc21)NC1CCOCC1. The van der Waals surface area contributed by atoms with E-state index in [-0.39, 0.29) is 24.3 Å². The Hall–Kier alpha value is -1.88. The van der Waals surface area contributed by atoms with Crippen LogP contribution in [0, 0.1) is 5.82 Å². The van der Waals surface area contributed by atoms with Crippen LogP contribution in [0.5, 0.6) is 0 Å². The highest BCUT2D eigenvalue weighted by Crippen LogP contribution is 2.17. The summed E-state index contributed by atoms with van der Waals surface area (Å²) in [5.41, 5.74) is 0.743. The molecule has 106 valence electrons. The van der Waals surface area contributed by atoms with Gasteiger partial charge in [-0.3, -0.25) is 4.79 Å². The maximum absolute atomic E-state index is 13.3. The first-order valence-electron chi connectivity index (χ1n) is 6.84. The fourth-order valence-electron chi connectivity index (χ4n) is 2.56. The van der Waals surface area contributed by atoms with Gasteiger partial charge in [-0.25, -0.2) is 4.39 Å². The average molecular weight is 276 g/mol. The Bertz CT molecular complexity index is 617. The van der Waals surface area contributed by atoms with Crippen LogP contribution in [0.4, 0.5) is 4.39 Å². The van der Waals surface area contributed by atoms with Crippen molar-refractivity contribution in [1.29, 1.82) is 0 Å². The van der Waals surface area contributed by atoms with Gasteiger partial charge in [0.2, 0.25) is 5.91 Å². The summed E-state index contributed by atoms with van der Waals surface area (Å²) in [4.78, 5) is 12.0. The van der Waals surface area contributed by atoms with Crippen LogP contribution in [-0.4, -0.2) is 29.7 Å². The van der Waals surface area contributed by atoms with E-state index in [0.29, 0.717) is 13.2 Å². The van der Waals surface area contributed by atoms with Crippen LogP contribution < -0.4 is 5.32 Å². The second-order valence-corrected chi connectivity index (χ2v) is 5.10. The van der Waals surface area contributed by atoms with Crippen LogP contribution in [0.25, 0.3) is 10.9 Å². The standard InChI is InChI=1S/C15H17FN2O2/c16-12-2-1-11-3-6-18(14(11)9-12)10-15(19)17-13-4-7-20-8-5-13/h1-3,6,9,13H,4-5,7-8,10H2,(H,17,19). The normalized spacial score (nSPS) is 16.4. The molecule has 1 aliphatic heterocycles. The third-order valence-electron chi connectivity index (χ3n) is 3.64. The number of aromatic nitrogens is 1. The van der Waals surface area contributed by atoms with E-state index in [2.05, 4.69) is 5.32 Å². The molecular weight excluding hydrogens is 259 g/mol. The lowest BCUT2D eigenvalue weighted by atomic mass is 10.1. The van der Waals surface area contributed by atoms with Crippen LogP contribution >= 0.6 is 0 Å². The molecule has 0 saturated carbocycles. The lowest BCUT2D eigenvalue weighted by Crippen LogP contribution is -2.40. The van der Waals surface area contributed by atoms with E-state index in [1.165, 1.54) is 12.1 Å². The van der Waals surface area contributed by atoms with E-state index in [4.69, 9.17) is 4.74 Å². The molecule has 1 aromatic carbocycles. The molecule has 1 amide bonds. The maximum atomic E-state index is 13.3. The molecule has 5 heteroatoms. The quantitative estimate of drug-likeness (QED) is 0.932. The topological polar surface area (TPSA) is 43.3 Å². The molecule has 0 aliphatic carbocycles. The Morgan fingerprint density at radius 3 is 2.95 bits per heavy atom. The molecule has 0 unspecified atom stereocenters. The molecule has 1 aliphatic rings. The zero-order valence-corrected chi connectivity index (χ0v) is 11.1. The van der Waals surface area contributed by atoms with E-state index in [0.717, 1.165) is 23.7 Å². The first kappa shape index (κ1) is 13.1. The summed E-state index contributed by atoms with van der Waals surface area (Å²) < 4.78 is 20.3. The highest BCUT2D eigenvalue weighted by molar-refractivity contribution is 5.83. The number of rotatable bonds is 3. The van der Waals surface area contributed by atoms with E-state index in [1.54, 1.807) is 10.6 Å². The zero-order valence-electron chi connectivity index (χ0n) is 11.1. The van der Waals surface area contributed by atoms with Gasteiger partial charge in [0.15, 0.2) is 0 Å². The molecule has 1 N–H and O–H groups in total. The second kappa shape index (κ2) is 5.63. The van der Waals surface area contributed by atoms with Gasteiger partial charge in [-0.1, -0.05) is 0 Å². The van der Waals surface area contributed by atoms with Gasteiger partial charge in [-0.15, -0.1) is 0 Å². The average Bonchev–Trinajstić information content (AvgIpc) is 2.82. The Balaban J connectivity index is 1.69. The van der Waals surface area contributed by atoms with Crippen molar-refractivity contribution < 1.29 is 13.9 Å². The van der Waals surface area contributed by atoms with Gasteiger partial charge >= 0.3 is 0 Å². The Morgan fingerprint density at radius 1 is 1.35 bits per heavy atom. The summed E-state index contributed by atoms with van der Waals surface area (Å²) in [6, 6.07) is 6.68. The van der Waals surface area contributed by atoms with Crippen molar-refractivity contribution in [3.8, 4) is 0 Å². The van der Waals surface area contributed by atoms with Gasteiger partial charge in [0.25, 0.3) is 0 Å². The second-order valence-electron chi connectivity index (χ2n) is 5.10. The van der Waals surface area contributed by atoms with Crippen LogP contribution in [0.1, 0.15) is 12.8 Å². The molecule has 1 aromatic heterocycles. The number of benzene rings is 1. The number of carbonyl (C=O) groups is 1. The van der Waals surface area contributed by atoms with E-state index >= 15 is 0 Å². The lowest BCUT2D eigenvalue weighted by Gasteiger charge is -2.23. The summed E-state index contributed by atoms with van der Waals surface area (Å²) >= 11 is 0. The number of hydrogen-bond donors (Lipinski definition) is 1. The van der Waals surface area contributed by atoms with Crippen molar-refractivity contribution >= 4 is 16.8 Å². The molecule has 0 spiro atoms. The van der Waals surface area contributed by atoms with E-state index in [9.17, 15) is 9.18 Å². The Kier molecular flexibility index (Phi) is 3.69. The number of nitrogens with zero attached hydrogens (tertiary/aromatic N) is 1. The molecule has 0 atom stereocenters. The number of hydrogen-bond acceptors (Lipinski definition) is 2.